The van der Waals surface area contributed by atoms with Crippen molar-refractivity contribution in [2.24, 2.45) is 0 Å². The van der Waals surface area contributed by atoms with Gasteiger partial charge in [0.05, 0.1) is 0 Å². The predicted molar refractivity (Wildman–Crippen MR) is 68.5 cm³/mol. The van der Waals surface area contributed by atoms with E-state index in [1.165, 1.54) is 12.1 Å². The Hall–Kier alpha value is -0.320. The Labute approximate surface area is 105 Å². The average molecular weight is 268 g/mol. The van der Waals surface area contributed by atoms with Gasteiger partial charge in [0.15, 0.2) is 0 Å². The lowest BCUT2D eigenvalue weighted by Crippen LogP contribution is -2.30. The number of likely N-dealkylation sites (N-methyl/N-ethyl adjacent to an activating group) is 1. The van der Waals surface area contributed by atoms with Crippen LogP contribution in [-0.2, 0) is 6.42 Å². The highest BCUT2D eigenvalue weighted by molar-refractivity contribution is 7.98. The van der Waals surface area contributed by atoms with Crippen LogP contribution in [0, 0.1) is 11.6 Å². The fourth-order valence-corrected chi connectivity index (χ4v) is 2.09. The van der Waals surface area contributed by atoms with Gasteiger partial charge >= 0.3 is 0 Å². The number of halogens is 3. The van der Waals surface area contributed by atoms with Gasteiger partial charge in [0.2, 0.25) is 0 Å². The van der Waals surface area contributed by atoms with E-state index < -0.39 is 11.6 Å². The zero-order chi connectivity index (χ0) is 11.3. The molecule has 1 unspecified atom stereocenters. The Morgan fingerprint density at radius 2 is 2.06 bits per heavy atom. The summed E-state index contributed by atoms with van der Waals surface area (Å²) in [5.74, 6) is -0.0775. The van der Waals surface area contributed by atoms with Gasteiger partial charge in [0.25, 0.3) is 0 Å². The number of thioether (sulfide) groups is 1. The first-order valence-corrected chi connectivity index (χ1v) is 6.17. The summed E-state index contributed by atoms with van der Waals surface area (Å²) in [6.07, 6.45) is 2.59. The van der Waals surface area contributed by atoms with Crippen LogP contribution in [0.5, 0.6) is 0 Å². The average Bonchev–Trinajstić information content (AvgIpc) is 2.21. The second-order valence-electron chi connectivity index (χ2n) is 3.38. The van der Waals surface area contributed by atoms with Gasteiger partial charge in [-0.3, -0.25) is 0 Å². The molecule has 1 aromatic rings. The molecule has 92 valence electrons. The number of rotatable bonds is 5. The van der Waals surface area contributed by atoms with Crippen LogP contribution in [0.2, 0.25) is 0 Å². The van der Waals surface area contributed by atoms with Crippen molar-refractivity contribution in [3.8, 4) is 0 Å². The SMILES string of the molecule is CNC(CSC)Cc1ccc(F)cc1F.Cl. The van der Waals surface area contributed by atoms with E-state index in [1.807, 2.05) is 13.3 Å². The first kappa shape index (κ1) is 15.7. The summed E-state index contributed by atoms with van der Waals surface area (Å²) in [7, 11) is 1.85. The minimum absolute atomic E-state index is 0. The Morgan fingerprint density at radius 3 is 2.56 bits per heavy atom. The van der Waals surface area contributed by atoms with Crippen molar-refractivity contribution in [1.29, 1.82) is 0 Å². The van der Waals surface area contributed by atoms with Crippen LogP contribution in [0.15, 0.2) is 18.2 Å². The van der Waals surface area contributed by atoms with E-state index in [1.54, 1.807) is 11.8 Å². The standard InChI is InChI=1S/C11H15F2NS.ClH/c1-14-10(7-15-2)5-8-3-4-9(12)6-11(8)13;/h3-4,6,10,14H,5,7H2,1-2H3;1H. The highest BCUT2D eigenvalue weighted by Crippen LogP contribution is 2.13. The normalized spacial score (nSPS) is 12.0. The van der Waals surface area contributed by atoms with Gasteiger partial charge in [-0.15, -0.1) is 12.4 Å². The first-order valence-electron chi connectivity index (χ1n) is 4.77. The quantitative estimate of drug-likeness (QED) is 0.881. The van der Waals surface area contributed by atoms with Crippen LogP contribution in [0.1, 0.15) is 5.56 Å². The molecule has 0 aromatic heterocycles. The van der Waals surface area contributed by atoms with Crippen LogP contribution in [0.4, 0.5) is 8.78 Å². The molecular formula is C11H16ClF2NS. The molecule has 1 aromatic carbocycles. The maximum Gasteiger partial charge on any atom is 0.129 e. The van der Waals surface area contributed by atoms with Crippen LogP contribution in [-0.4, -0.2) is 25.1 Å². The Balaban J connectivity index is 0.00000225. The van der Waals surface area contributed by atoms with E-state index in [9.17, 15) is 8.78 Å². The molecule has 1 rings (SSSR count). The van der Waals surface area contributed by atoms with Crippen molar-refractivity contribution in [2.75, 3.05) is 19.1 Å². The monoisotopic (exact) mass is 267 g/mol. The summed E-state index contributed by atoms with van der Waals surface area (Å²) in [6, 6.07) is 3.96. The molecule has 1 nitrogen and oxygen atoms in total. The number of nitrogens with one attached hydrogen (secondary N) is 1. The molecule has 1 atom stereocenters. The molecule has 1 N–H and O–H groups in total. The molecule has 0 heterocycles. The molecule has 0 bridgehead atoms. The summed E-state index contributed by atoms with van der Waals surface area (Å²) < 4.78 is 26.0. The molecule has 0 aliphatic rings. The molecular weight excluding hydrogens is 252 g/mol. The Morgan fingerprint density at radius 1 is 1.38 bits per heavy atom. The summed E-state index contributed by atoms with van der Waals surface area (Å²) in [4.78, 5) is 0. The first-order chi connectivity index (χ1) is 7.17. The van der Waals surface area contributed by atoms with Crippen molar-refractivity contribution in [1.82, 2.24) is 5.32 Å². The summed E-state index contributed by atoms with van der Waals surface area (Å²) in [5, 5.41) is 3.11. The van der Waals surface area contributed by atoms with Gasteiger partial charge < -0.3 is 5.32 Å². The molecule has 5 heteroatoms. The van der Waals surface area contributed by atoms with Crippen LogP contribution in [0.3, 0.4) is 0 Å². The number of benzene rings is 1. The van der Waals surface area contributed by atoms with Gasteiger partial charge in [0.1, 0.15) is 11.6 Å². The van der Waals surface area contributed by atoms with Crippen molar-refractivity contribution in [3.05, 3.63) is 35.4 Å². The predicted octanol–water partition coefficient (Wildman–Crippen LogP) is 2.88. The third-order valence-corrected chi connectivity index (χ3v) is 2.99. The van der Waals surface area contributed by atoms with Crippen LogP contribution in [0.25, 0.3) is 0 Å². The van der Waals surface area contributed by atoms with E-state index in [0.717, 1.165) is 11.8 Å². The minimum Gasteiger partial charge on any atom is -0.316 e. The fourth-order valence-electron chi connectivity index (χ4n) is 1.40. The van der Waals surface area contributed by atoms with E-state index in [4.69, 9.17) is 0 Å². The Bertz CT molecular complexity index is 323. The Kier molecular flexibility index (Phi) is 7.72. The summed E-state index contributed by atoms with van der Waals surface area (Å²) in [5.41, 5.74) is 0.560. The van der Waals surface area contributed by atoms with Crippen LogP contribution >= 0.6 is 24.2 Å². The van der Waals surface area contributed by atoms with E-state index in [2.05, 4.69) is 5.32 Å². The molecule has 0 fully saturated rings. The molecule has 16 heavy (non-hydrogen) atoms. The van der Waals surface area contributed by atoms with E-state index >= 15 is 0 Å². The van der Waals surface area contributed by atoms with Crippen molar-refractivity contribution >= 4 is 24.2 Å². The van der Waals surface area contributed by atoms with E-state index in [0.29, 0.717) is 12.0 Å². The molecule has 0 radical (unpaired) electrons. The fraction of sp³-hybridized carbons (Fsp3) is 0.455. The summed E-state index contributed by atoms with van der Waals surface area (Å²) >= 11 is 1.70. The third-order valence-electron chi connectivity index (χ3n) is 2.26. The van der Waals surface area contributed by atoms with Gasteiger partial charge in [-0.1, -0.05) is 6.07 Å². The molecule has 0 saturated carbocycles. The van der Waals surface area contributed by atoms with Gasteiger partial charge in [0, 0.05) is 17.9 Å². The lowest BCUT2D eigenvalue weighted by Gasteiger charge is -2.15. The lowest BCUT2D eigenvalue weighted by molar-refractivity contribution is 0.550. The summed E-state index contributed by atoms with van der Waals surface area (Å²) in [6.45, 7) is 0. The van der Waals surface area contributed by atoms with Crippen molar-refractivity contribution < 1.29 is 8.78 Å². The van der Waals surface area contributed by atoms with E-state index in [-0.39, 0.29) is 18.4 Å². The smallest absolute Gasteiger partial charge is 0.129 e. The molecule has 0 saturated heterocycles. The lowest BCUT2D eigenvalue weighted by atomic mass is 10.1. The third kappa shape index (κ3) is 4.68. The molecule has 0 amide bonds. The minimum atomic E-state index is -0.526. The van der Waals surface area contributed by atoms with Gasteiger partial charge in [-0.25, -0.2) is 8.78 Å². The van der Waals surface area contributed by atoms with Crippen LogP contribution < -0.4 is 5.32 Å². The second kappa shape index (κ2) is 7.87. The zero-order valence-electron chi connectivity index (χ0n) is 9.30. The largest absolute Gasteiger partial charge is 0.316 e. The molecule has 0 aliphatic heterocycles. The highest BCUT2D eigenvalue weighted by atomic mass is 35.5. The molecule has 0 aliphatic carbocycles. The second-order valence-corrected chi connectivity index (χ2v) is 4.29. The maximum absolute atomic E-state index is 13.3. The molecule has 0 spiro atoms. The highest BCUT2D eigenvalue weighted by Gasteiger charge is 2.10. The van der Waals surface area contributed by atoms with Gasteiger partial charge in [-0.05, 0) is 31.4 Å². The maximum atomic E-state index is 13.3. The zero-order valence-corrected chi connectivity index (χ0v) is 10.9. The van der Waals surface area contributed by atoms with Gasteiger partial charge in [-0.2, -0.15) is 11.8 Å². The topological polar surface area (TPSA) is 12.0 Å². The number of hydrogen-bond donors (Lipinski definition) is 1. The number of hydrogen-bond acceptors (Lipinski definition) is 2. The van der Waals surface area contributed by atoms with Crippen molar-refractivity contribution in [3.63, 3.8) is 0 Å². The van der Waals surface area contributed by atoms with Crippen molar-refractivity contribution in [2.45, 2.75) is 12.5 Å².